The topological polar surface area (TPSA) is 60.9 Å². The summed E-state index contributed by atoms with van der Waals surface area (Å²) in [6.45, 7) is 3.03. The van der Waals surface area contributed by atoms with Crippen LogP contribution in [0.3, 0.4) is 0 Å². The fourth-order valence-electron chi connectivity index (χ4n) is 3.92. The zero-order valence-electron chi connectivity index (χ0n) is 14.3. The highest BCUT2D eigenvalue weighted by atomic mass is 16.3. The molecule has 24 heavy (non-hydrogen) atoms. The van der Waals surface area contributed by atoms with Crippen LogP contribution >= 0.6 is 0 Å². The lowest BCUT2D eigenvalue weighted by Crippen LogP contribution is -2.50. The third-order valence-electron chi connectivity index (χ3n) is 5.26. The summed E-state index contributed by atoms with van der Waals surface area (Å²) in [6.07, 6.45) is 5.01. The normalized spacial score (nSPS) is 25.5. The predicted molar refractivity (Wildman–Crippen MR) is 92.8 cm³/mol. The van der Waals surface area contributed by atoms with Crippen molar-refractivity contribution in [1.29, 1.82) is 0 Å². The third-order valence-corrected chi connectivity index (χ3v) is 5.26. The summed E-state index contributed by atoms with van der Waals surface area (Å²) >= 11 is 0. The molecule has 2 amide bonds. The predicted octanol–water partition coefficient (Wildman–Crippen LogP) is 2.12. The zero-order chi connectivity index (χ0) is 17.1. The number of aliphatic hydroxyl groups is 1. The van der Waals surface area contributed by atoms with E-state index in [0.29, 0.717) is 12.1 Å². The van der Waals surface area contributed by atoms with Crippen molar-refractivity contribution in [2.75, 3.05) is 18.1 Å². The van der Waals surface area contributed by atoms with Gasteiger partial charge in [-0.3, -0.25) is 14.5 Å². The van der Waals surface area contributed by atoms with Crippen LogP contribution in [-0.2, 0) is 16.0 Å². The number of aryl methyl sites for hydroxylation is 1. The maximum Gasteiger partial charge on any atom is 0.251 e. The van der Waals surface area contributed by atoms with Gasteiger partial charge < -0.3 is 5.11 Å². The van der Waals surface area contributed by atoms with Gasteiger partial charge in [-0.1, -0.05) is 25.5 Å². The minimum atomic E-state index is -0.375. The monoisotopic (exact) mass is 330 g/mol. The van der Waals surface area contributed by atoms with E-state index in [0.717, 1.165) is 32.2 Å². The number of nitrogens with zero attached hydrogens (tertiary/aromatic N) is 2. The highest BCUT2D eigenvalue weighted by molar-refractivity contribution is 6.22. The van der Waals surface area contributed by atoms with Crippen LogP contribution < -0.4 is 4.90 Å². The molecular formula is C19H26N2O3. The molecule has 130 valence electrons. The van der Waals surface area contributed by atoms with E-state index >= 15 is 0 Å². The number of likely N-dealkylation sites (tertiary alicyclic amines) is 1. The Kier molecular flexibility index (Phi) is 5.31. The number of aliphatic hydroxyl groups excluding tert-OH is 1. The maximum absolute atomic E-state index is 12.9. The first-order valence-corrected chi connectivity index (χ1v) is 8.98. The number of carbonyl (C=O) groups is 2. The molecule has 2 heterocycles. The summed E-state index contributed by atoms with van der Waals surface area (Å²) in [4.78, 5) is 28.9. The van der Waals surface area contributed by atoms with Gasteiger partial charge in [0, 0.05) is 12.6 Å². The van der Waals surface area contributed by atoms with Gasteiger partial charge in [-0.15, -0.1) is 0 Å². The smallest absolute Gasteiger partial charge is 0.251 e. The molecule has 1 aromatic rings. The summed E-state index contributed by atoms with van der Waals surface area (Å²) in [5.41, 5.74) is 1.86. The lowest BCUT2D eigenvalue weighted by molar-refractivity contribution is -0.123. The Morgan fingerprint density at radius 1 is 1.17 bits per heavy atom. The van der Waals surface area contributed by atoms with Gasteiger partial charge in [0.25, 0.3) is 5.91 Å². The average Bonchev–Trinajstić information content (AvgIpc) is 2.90. The van der Waals surface area contributed by atoms with Crippen LogP contribution in [0.2, 0.25) is 0 Å². The highest BCUT2D eigenvalue weighted by Crippen LogP contribution is 2.30. The molecule has 0 saturated carbocycles. The Morgan fingerprint density at radius 3 is 2.58 bits per heavy atom. The molecule has 2 aliphatic heterocycles. The largest absolute Gasteiger partial charge is 0.396 e. The van der Waals surface area contributed by atoms with Crippen molar-refractivity contribution in [3.63, 3.8) is 0 Å². The molecule has 5 nitrogen and oxygen atoms in total. The number of hydrogen-bond donors (Lipinski definition) is 1. The van der Waals surface area contributed by atoms with E-state index in [1.165, 1.54) is 10.5 Å². The zero-order valence-corrected chi connectivity index (χ0v) is 14.3. The molecule has 3 rings (SSSR count). The van der Waals surface area contributed by atoms with Crippen molar-refractivity contribution in [1.82, 2.24) is 4.90 Å². The quantitative estimate of drug-likeness (QED) is 0.840. The molecule has 2 saturated heterocycles. The highest BCUT2D eigenvalue weighted by Gasteiger charge is 2.44. The van der Waals surface area contributed by atoms with Gasteiger partial charge in [0.2, 0.25) is 5.91 Å². The number of imide groups is 1. The van der Waals surface area contributed by atoms with Crippen LogP contribution in [0.4, 0.5) is 5.69 Å². The van der Waals surface area contributed by atoms with Gasteiger partial charge in [-0.25, -0.2) is 4.90 Å². The average molecular weight is 330 g/mol. The van der Waals surface area contributed by atoms with E-state index in [1.807, 2.05) is 24.3 Å². The van der Waals surface area contributed by atoms with Gasteiger partial charge in [0.05, 0.1) is 18.2 Å². The number of hydrogen-bond acceptors (Lipinski definition) is 4. The fraction of sp³-hybridized carbons (Fsp3) is 0.579. The molecule has 0 radical (unpaired) electrons. The molecule has 2 aliphatic rings. The summed E-state index contributed by atoms with van der Waals surface area (Å²) < 4.78 is 0. The number of anilines is 1. The Hall–Kier alpha value is -1.72. The van der Waals surface area contributed by atoms with E-state index in [9.17, 15) is 14.7 Å². The molecule has 1 N–H and O–H groups in total. The second-order valence-corrected chi connectivity index (χ2v) is 6.71. The molecule has 0 aliphatic carbocycles. The van der Waals surface area contributed by atoms with Gasteiger partial charge >= 0.3 is 0 Å². The lowest BCUT2D eigenvalue weighted by atomic mass is 9.97. The van der Waals surface area contributed by atoms with E-state index in [-0.39, 0.29) is 36.9 Å². The first kappa shape index (κ1) is 17.1. The fourth-order valence-corrected chi connectivity index (χ4v) is 3.92. The van der Waals surface area contributed by atoms with Crippen molar-refractivity contribution in [3.05, 3.63) is 29.8 Å². The van der Waals surface area contributed by atoms with Crippen LogP contribution in [0.15, 0.2) is 24.3 Å². The molecule has 2 fully saturated rings. The number of rotatable bonds is 5. The van der Waals surface area contributed by atoms with E-state index in [2.05, 4.69) is 11.8 Å². The minimum Gasteiger partial charge on any atom is -0.396 e. The molecule has 5 heteroatoms. The third kappa shape index (κ3) is 3.23. The van der Waals surface area contributed by atoms with Gasteiger partial charge in [0.15, 0.2) is 0 Å². The van der Waals surface area contributed by atoms with Crippen molar-refractivity contribution in [2.24, 2.45) is 0 Å². The summed E-state index contributed by atoms with van der Waals surface area (Å²) in [5.74, 6) is -0.239. The standard InChI is InChI=1S/C19H26N2O3/c1-2-14-6-8-16(9-7-14)21-18(23)13-17(19(21)24)20-11-4-3-5-15(20)10-12-22/h6-9,15,17,22H,2-5,10-13H2,1H3/t15-,17-/m0/s1. The molecule has 2 atom stereocenters. The molecule has 0 bridgehead atoms. The molecule has 0 aromatic heterocycles. The van der Waals surface area contributed by atoms with Crippen molar-refractivity contribution in [3.8, 4) is 0 Å². The first-order chi connectivity index (χ1) is 11.7. The van der Waals surface area contributed by atoms with Crippen LogP contribution in [-0.4, -0.2) is 47.1 Å². The van der Waals surface area contributed by atoms with Crippen molar-refractivity contribution < 1.29 is 14.7 Å². The maximum atomic E-state index is 12.9. The van der Waals surface area contributed by atoms with E-state index in [1.54, 1.807) is 0 Å². The van der Waals surface area contributed by atoms with Crippen molar-refractivity contribution >= 4 is 17.5 Å². The van der Waals surface area contributed by atoms with E-state index < -0.39 is 0 Å². The number of piperidine rings is 1. The van der Waals surface area contributed by atoms with E-state index in [4.69, 9.17) is 0 Å². The summed E-state index contributed by atoms with van der Waals surface area (Å²) in [6, 6.07) is 7.49. The van der Waals surface area contributed by atoms with Gasteiger partial charge in [-0.2, -0.15) is 0 Å². The minimum absolute atomic E-state index is 0.117. The summed E-state index contributed by atoms with van der Waals surface area (Å²) in [5, 5.41) is 9.29. The number of benzene rings is 1. The van der Waals surface area contributed by atoms with Crippen LogP contribution in [0.5, 0.6) is 0 Å². The summed E-state index contributed by atoms with van der Waals surface area (Å²) in [7, 11) is 0. The van der Waals surface area contributed by atoms with Gasteiger partial charge in [0.1, 0.15) is 0 Å². The molecule has 0 unspecified atom stereocenters. The number of carbonyl (C=O) groups excluding carboxylic acids is 2. The van der Waals surface area contributed by atoms with Gasteiger partial charge in [-0.05, 0) is 49.9 Å². The van der Waals surface area contributed by atoms with Crippen LogP contribution in [0, 0.1) is 0 Å². The first-order valence-electron chi connectivity index (χ1n) is 8.98. The molecule has 1 aromatic carbocycles. The SMILES string of the molecule is CCc1ccc(N2C(=O)C[C@H](N3CCCC[C@H]3CCO)C2=O)cc1. The Bertz CT molecular complexity index is 597. The Labute approximate surface area is 143 Å². The van der Waals surface area contributed by atoms with Crippen LogP contribution in [0.25, 0.3) is 0 Å². The number of amides is 2. The molecular weight excluding hydrogens is 304 g/mol. The Balaban J connectivity index is 1.79. The van der Waals surface area contributed by atoms with Crippen molar-refractivity contribution in [2.45, 2.75) is 57.5 Å². The molecule has 0 spiro atoms. The Morgan fingerprint density at radius 2 is 1.92 bits per heavy atom. The lowest BCUT2D eigenvalue weighted by Gasteiger charge is -2.38. The second-order valence-electron chi connectivity index (χ2n) is 6.71. The van der Waals surface area contributed by atoms with Crippen LogP contribution in [0.1, 0.15) is 44.6 Å². The second kappa shape index (κ2) is 7.45.